The van der Waals surface area contributed by atoms with Crippen LogP contribution in [0, 0.1) is 22.0 Å². The maximum atomic E-state index is 12.3. The molecular weight excluding hydrogens is 282 g/mol. The van der Waals surface area contributed by atoms with Gasteiger partial charge in [-0.2, -0.15) is 0 Å². The molecule has 120 valence electrons. The fraction of sp³-hybridized carbons (Fsp3) is 0.562. The molecule has 1 aliphatic rings. The Balaban J connectivity index is 1.86. The predicted octanol–water partition coefficient (Wildman–Crippen LogP) is 2.90. The molecule has 2 atom stereocenters. The summed E-state index contributed by atoms with van der Waals surface area (Å²) in [5, 5.41) is 13.9. The van der Waals surface area contributed by atoms with Gasteiger partial charge in [0.15, 0.2) is 0 Å². The first kappa shape index (κ1) is 16.3. The highest BCUT2D eigenvalue weighted by Crippen LogP contribution is 2.24. The number of likely N-dealkylation sites (tertiary alicyclic amines) is 1. The van der Waals surface area contributed by atoms with Gasteiger partial charge in [0.2, 0.25) is 5.91 Å². The van der Waals surface area contributed by atoms with Crippen LogP contribution in [0.15, 0.2) is 24.3 Å². The van der Waals surface area contributed by atoms with Crippen molar-refractivity contribution in [1.82, 2.24) is 4.90 Å². The van der Waals surface area contributed by atoms with Crippen molar-refractivity contribution in [2.75, 3.05) is 25.0 Å². The van der Waals surface area contributed by atoms with Crippen LogP contribution in [0.4, 0.5) is 11.4 Å². The third-order valence-corrected chi connectivity index (χ3v) is 3.98. The summed E-state index contributed by atoms with van der Waals surface area (Å²) >= 11 is 0. The third-order valence-electron chi connectivity index (χ3n) is 3.98. The Labute approximate surface area is 130 Å². The molecule has 1 saturated heterocycles. The highest BCUT2D eigenvalue weighted by atomic mass is 16.6. The lowest BCUT2D eigenvalue weighted by Crippen LogP contribution is -2.43. The number of para-hydroxylation sites is 2. The Hall–Kier alpha value is -2.11. The van der Waals surface area contributed by atoms with Crippen LogP contribution >= 0.6 is 0 Å². The van der Waals surface area contributed by atoms with E-state index < -0.39 is 4.92 Å². The van der Waals surface area contributed by atoms with Crippen molar-refractivity contribution in [3.8, 4) is 0 Å². The summed E-state index contributed by atoms with van der Waals surface area (Å²) in [4.78, 5) is 24.7. The molecule has 0 saturated carbocycles. The molecule has 6 heteroatoms. The summed E-state index contributed by atoms with van der Waals surface area (Å²) in [7, 11) is 0. The molecule has 1 amide bonds. The van der Waals surface area contributed by atoms with Gasteiger partial charge in [0.25, 0.3) is 5.69 Å². The summed E-state index contributed by atoms with van der Waals surface area (Å²) in [6, 6.07) is 6.49. The van der Waals surface area contributed by atoms with E-state index in [1.54, 1.807) is 18.2 Å². The zero-order valence-electron chi connectivity index (χ0n) is 13.1. The molecule has 6 nitrogen and oxygen atoms in total. The van der Waals surface area contributed by atoms with Crippen LogP contribution in [-0.2, 0) is 4.79 Å². The molecule has 1 N–H and O–H groups in total. The van der Waals surface area contributed by atoms with Crippen LogP contribution < -0.4 is 5.32 Å². The molecule has 0 spiro atoms. The van der Waals surface area contributed by atoms with Crippen LogP contribution in [0.25, 0.3) is 0 Å². The second-order valence-electron chi connectivity index (χ2n) is 6.20. The standard InChI is InChI=1S/C16H23N3O3/c1-12-9-13(2)11-18(10-12)16(20)7-8-17-14-5-3-4-6-15(14)19(21)22/h3-6,12-13,17H,7-11H2,1-2H3. The van der Waals surface area contributed by atoms with Crippen molar-refractivity contribution < 1.29 is 9.72 Å². The Bertz CT molecular complexity index is 537. The lowest BCUT2D eigenvalue weighted by Gasteiger charge is -2.35. The van der Waals surface area contributed by atoms with E-state index in [4.69, 9.17) is 0 Å². The number of benzene rings is 1. The van der Waals surface area contributed by atoms with Crippen LogP contribution in [-0.4, -0.2) is 35.4 Å². The molecule has 1 aromatic carbocycles. The Morgan fingerprint density at radius 3 is 2.59 bits per heavy atom. The Morgan fingerprint density at radius 1 is 1.32 bits per heavy atom. The van der Waals surface area contributed by atoms with Gasteiger partial charge >= 0.3 is 0 Å². The van der Waals surface area contributed by atoms with Crippen molar-refractivity contribution in [2.45, 2.75) is 26.7 Å². The Kier molecular flexibility index (Phi) is 5.35. The van der Waals surface area contributed by atoms with Gasteiger partial charge in [-0.15, -0.1) is 0 Å². The number of rotatable bonds is 5. The number of nitrogens with one attached hydrogen (secondary N) is 1. The molecule has 0 aliphatic carbocycles. The smallest absolute Gasteiger partial charge is 0.292 e. The molecule has 1 fully saturated rings. The predicted molar refractivity (Wildman–Crippen MR) is 85.7 cm³/mol. The number of hydrogen-bond acceptors (Lipinski definition) is 4. The van der Waals surface area contributed by atoms with Gasteiger partial charge in [-0.1, -0.05) is 26.0 Å². The molecular formula is C16H23N3O3. The summed E-state index contributed by atoms with van der Waals surface area (Å²) in [5.74, 6) is 1.19. The fourth-order valence-electron chi connectivity index (χ4n) is 3.11. The van der Waals surface area contributed by atoms with E-state index in [1.165, 1.54) is 6.07 Å². The number of carbonyl (C=O) groups excluding carboxylic acids is 1. The largest absolute Gasteiger partial charge is 0.379 e. The van der Waals surface area contributed by atoms with Crippen molar-refractivity contribution in [3.63, 3.8) is 0 Å². The van der Waals surface area contributed by atoms with Crippen LogP contribution in [0.1, 0.15) is 26.7 Å². The number of hydrogen-bond donors (Lipinski definition) is 1. The van der Waals surface area contributed by atoms with Crippen LogP contribution in [0.3, 0.4) is 0 Å². The van der Waals surface area contributed by atoms with E-state index in [9.17, 15) is 14.9 Å². The minimum atomic E-state index is -0.419. The summed E-state index contributed by atoms with van der Waals surface area (Å²) in [6.07, 6.45) is 1.52. The van der Waals surface area contributed by atoms with Crippen molar-refractivity contribution in [2.24, 2.45) is 11.8 Å². The first-order chi connectivity index (χ1) is 10.5. The number of nitro groups is 1. The highest BCUT2D eigenvalue weighted by molar-refractivity contribution is 5.77. The first-order valence-electron chi connectivity index (χ1n) is 7.72. The monoisotopic (exact) mass is 305 g/mol. The van der Waals surface area contributed by atoms with E-state index >= 15 is 0 Å². The quantitative estimate of drug-likeness (QED) is 0.670. The van der Waals surface area contributed by atoms with Gasteiger partial charge in [0.05, 0.1) is 4.92 Å². The SMILES string of the molecule is CC1CC(C)CN(C(=O)CCNc2ccccc2[N+](=O)[O-])C1. The number of nitrogens with zero attached hydrogens (tertiary/aromatic N) is 2. The first-order valence-corrected chi connectivity index (χ1v) is 7.72. The minimum absolute atomic E-state index is 0.0372. The molecule has 1 aliphatic heterocycles. The zero-order chi connectivity index (χ0) is 16.1. The maximum absolute atomic E-state index is 12.3. The minimum Gasteiger partial charge on any atom is -0.379 e. The normalized spacial score (nSPS) is 21.5. The average Bonchev–Trinajstić information content (AvgIpc) is 2.46. The van der Waals surface area contributed by atoms with Gasteiger partial charge in [-0.25, -0.2) is 0 Å². The number of amides is 1. The van der Waals surface area contributed by atoms with Gasteiger partial charge < -0.3 is 10.2 Å². The number of anilines is 1. The zero-order valence-corrected chi connectivity index (χ0v) is 13.1. The fourth-order valence-corrected chi connectivity index (χ4v) is 3.11. The van der Waals surface area contributed by atoms with Crippen LogP contribution in [0.5, 0.6) is 0 Å². The maximum Gasteiger partial charge on any atom is 0.292 e. The number of piperidine rings is 1. The number of carbonyl (C=O) groups is 1. The van der Waals surface area contributed by atoms with E-state index in [-0.39, 0.29) is 11.6 Å². The molecule has 0 bridgehead atoms. The van der Waals surface area contributed by atoms with Gasteiger partial charge in [0, 0.05) is 32.1 Å². The lowest BCUT2D eigenvalue weighted by molar-refractivity contribution is -0.384. The Morgan fingerprint density at radius 2 is 1.95 bits per heavy atom. The summed E-state index contributed by atoms with van der Waals surface area (Å²) in [6.45, 7) is 6.37. The number of nitro benzene ring substituents is 1. The van der Waals surface area contributed by atoms with Crippen molar-refractivity contribution >= 4 is 17.3 Å². The van der Waals surface area contributed by atoms with Gasteiger partial charge in [-0.05, 0) is 24.3 Å². The summed E-state index contributed by atoms with van der Waals surface area (Å²) in [5.41, 5.74) is 0.496. The molecule has 0 aromatic heterocycles. The topological polar surface area (TPSA) is 75.5 Å². The second-order valence-corrected chi connectivity index (χ2v) is 6.20. The molecule has 22 heavy (non-hydrogen) atoms. The van der Waals surface area contributed by atoms with E-state index in [2.05, 4.69) is 19.2 Å². The molecule has 1 heterocycles. The van der Waals surface area contributed by atoms with Gasteiger partial charge in [0.1, 0.15) is 5.69 Å². The van der Waals surface area contributed by atoms with E-state index in [1.807, 2.05) is 4.90 Å². The summed E-state index contributed by atoms with van der Waals surface area (Å²) < 4.78 is 0. The van der Waals surface area contributed by atoms with Crippen LogP contribution in [0.2, 0.25) is 0 Å². The van der Waals surface area contributed by atoms with Crippen molar-refractivity contribution in [1.29, 1.82) is 0 Å². The molecule has 2 rings (SSSR count). The molecule has 1 aromatic rings. The average molecular weight is 305 g/mol. The second kappa shape index (κ2) is 7.24. The third kappa shape index (κ3) is 4.19. The lowest BCUT2D eigenvalue weighted by atomic mass is 9.92. The molecule has 2 unspecified atom stereocenters. The highest BCUT2D eigenvalue weighted by Gasteiger charge is 2.25. The molecule has 0 radical (unpaired) electrons. The van der Waals surface area contributed by atoms with Gasteiger partial charge in [-0.3, -0.25) is 14.9 Å². The van der Waals surface area contributed by atoms with E-state index in [0.717, 1.165) is 19.5 Å². The van der Waals surface area contributed by atoms with Crippen molar-refractivity contribution in [3.05, 3.63) is 34.4 Å². The van der Waals surface area contributed by atoms with E-state index in [0.29, 0.717) is 30.5 Å².